The lowest BCUT2D eigenvalue weighted by Crippen LogP contribution is -2.44. The maximum atomic E-state index is 13.2. The van der Waals surface area contributed by atoms with Crippen molar-refractivity contribution in [3.63, 3.8) is 0 Å². The molecule has 8 heteroatoms. The zero-order valence-electron chi connectivity index (χ0n) is 12.0. The van der Waals surface area contributed by atoms with E-state index >= 15 is 0 Å². The Kier molecular flexibility index (Phi) is 3.85. The Bertz CT molecular complexity index is 755. The number of pyridine rings is 1. The van der Waals surface area contributed by atoms with Crippen LogP contribution in [0.1, 0.15) is 15.9 Å². The first-order chi connectivity index (χ1) is 10.9. The van der Waals surface area contributed by atoms with E-state index in [1.165, 1.54) is 18.2 Å². The largest absolute Gasteiger partial charge is 0.478 e. The van der Waals surface area contributed by atoms with Crippen LogP contribution in [0.15, 0.2) is 24.3 Å². The first kappa shape index (κ1) is 15.5. The highest BCUT2D eigenvalue weighted by molar-refractivity contribution is 5.99. The average Bonchev–Trinajstić information content (AvgIpc) is 2.52. The highest BCUT2D eigenvalue weighted by Gasteiger charge is 2.34. The molecule has 1 fully saturated rings. The van der Waals surface area contributed by atoms with Crippen molar-refractivity contribution in [2.24, 2.45) is 0 Å². The van der Waals surface area contributed by atoms with Crippen molar-refractivity contribution in [3.8, 4) is 0 Å². The fourth-order valence-electron chi connectivity index (χ4n) is 2.69. The maximum Gasteiger partial charge on any atom is 0.418 e. The van der Waals surface area contributed by atoms with E-state index in [-0.39, 0.29) is 22.3 Å². The number of rotatable bonds is 2. The number of para-hydroxylation sites is 1. The number of carbonyl (C=O) groups is 1. The van der Waals surface area contributed by atoms with Gasteiger partial charge in [-0.3, -0.25) is 0 Å². The summed E-state index contributed by atoms with van der Waals surface area (Å²) in [6, 6.07) is 4.91. The van der Waals surface area contributed by atoms with Gasteiger partial charge in [0.15, 0.2) is 0 Å². The SMILES string of the molecule is O=C(O)c1cc2cccc(C(F)(F)F)c2nc1N1CCNCC1. The molecular formula is C15H14F3N3O2. The number of fused-ring (bicyclic) bond motifs is 1. The molecule has 0 saturated carbocycles. The third-order valence-electron chi connectivity index (χ3n) is 3.78. The second kappa shape index (κ2) is 5.69. The smallest absolute Gasteiger partial charge is 0.418 e. The summed E-state index contributed by atoms with van der Waals surface area (Å²) in [5.74, 6) is -1.12. The van der Waals surface area contributed by atoms with Crippen LogP contribution in [0.3, 0.4) is 0 Å². The van der Waals surface area contributed by atoms with Crippen LogP contribution in [0.2, 0.25) is 0 Å². The van der Waals surface area contributed by atoms with Gasteiger partial charge in [0, 0.05) is 31.6 Å². The molecule has 5 nitrogen and oxygen atoms in total. The van der Waals surface area contributed by atoms with Crippen LogP contribution in [-0.2, 0) is 6.18 Å². The third kappa shape index (κ3) is 2.94. The van der Waals surface area contributed by atoms with Gasteiger partial charge in [-0.15, -0.1) is 0 Å². The number of nitrogens with zero attached hydrogens (tertiary/aromatic N) is 2. The summed E-state index contributed by atoms with van der Waals surface area (Å²) in [4.78, 5) is 17.3. The molecule has 1 aromatic carbocycles. The van der Waals surface area contributed by atoms with Gasteiger partial charge < -0.3 is 15.3 Å². The van der Waals surface area contributed by atoms with Gasteiger partial charge in [-0.2, -0.15) is 13.2 Å². The molecule has 23 heavy (non-hydrogen) atoms. The lowest BCUT2D eigenvalue weighted by Gasteiger charge is -2.29. The summed E-state index contributed by atoms with van der Waals surface area (Å²) >= 11 is 0. The van der Waals surface area contributed by atoms with Crippen molar-refractivity contribution in [2.75, 3.05) is 31.1 Å². The Labute approximate surface area is 129 Å². The Hall–Kier alpha value is -2.35. The average molecular weight is 325 g/mol. The number of hydrogen-bond acceptors (Lipinski definition) is 4. The highest BCUT2D eigenvalue weighted by atomic mass is 19.4. The molecule has 0 unspecified atom stereocenters. The van der Waals surface area contributed by atoms with Crippen LogP contribution in [0, 0.1) is 0 Å². The summed E-state index contributed by atoms with van der Waals surface area (Å²) in [5, 5.41) is 12.7. The van der Waals surface area contributed by atoms with Gasteiger partial charge in [0.05, 0.1) is 11.1 Å². The van der Waals surface area contributed by atoms with Gasteiger partial charge in [-0.25, -0.2) is 9.78 Å². The molecule has 2 N–H and O–H groups in total. The fraction of sp³-hybridized carbons (Fsp3) is 0.333. The van der Waals surface area contributed by atoms with E-state index < -0.39 is 17.7 Å². The molecule has 0 bridgehead atoms. The minimum atomic E-state index is -4.54. The van der Waals surface area contributed by atoms with Gasteiger partial charge in [0.25, 0.3) is 0 Å². The Morgan fingerprint density at radius 3 is 2.57 bits per heavy atom. The van der Waals surface area contributed by atoms with Crippen LogP contribution in [0.5, 0.6) is 0 Å². The van der Waals surface area contributed by atoms with E-state index in [9.17, 15) is 23.1 Å². The molecular weight excluding hydrogens is 311 g/mol. The molecule has 1 aliphatic heterocycles. The number of anilines is 1. The number of benzene rings is 1. The fourth-order valence-corrected chi connectivity index (χ4v) is 2.69. The number of nitrogens with one attached hydrogen (secondary N) is 1. The van der Waals surface area contributed by atoms with E-state index in [1.807, 2.05) is 0 Å². The second-order valence-electron chi connectivity index (χ2n) is 5.28. The number of carboxylic acids is 1. The van der Waals surface area contributed by atoms with Gasteiger partial charge in [-0.1, -0.05) is 12.1 Å². The molecule has 2 aromatic rings. The molecule has 0 radical (unpaired) electrons. The zero-order valence-corrected chi connectivity index (χ0v) is 12.0. The number of alkyl halides is 3. The Morgan fingerprint density at radius 1 is 1.26 bits per heavy atom. The first-order valence-electron chi connectivity index (χ1n) is 7.08. The van der Waals surface area contributed by atoms with Crippen LogP contribution >= 0.6 is 0 Å². The monoisotopic (exact) mass is 325 g/mol. The molecule has 0 spiro atoms. The Balaban J connectivity index is 2.24. The van der Waals surface area contributed by atoms with Crippen molar-refractivity contribution in [2.45, 2.75) is 6.18 Å². The number of halogens is 3. The summed E-state index contributed by atoms with van der Waals surface area (Å²) in [5.41, 5.74) is -1.17. The predicted molar refractivity (Wildman–Crippen MR) is 78.8 cm³/mol. The molecule has 0 atom stereocenters. The quantitative estimate of drug-likeness (QED) is 0.887. The van der Waals surface area contributed by atoms with E-state index in [0.717, 1.165) is 6.07 Å². The lowest BCUT2D eigenvalue weighted by molar-refractivity contribution is -0.136. The molecule has 122 valence electrons. The molecule has 2 heterocycles. The summed E-state index contributed by atoms with van der Waals surface area (Å²) in [7, 11) is 0. The minimum absolute atomic E-state index is 0.0845. The maximum absolute atomic E-state index is 13.2. The number of hydrogen-bond donors (Lipinski definition) is 2. The van der Waals surface area contributed by atoms with Gasteiger partial charge >= 0.3 is 12.1 Å². The molecule has 1 saturated heterocycles. The molecule has 1 aromatic heterocycles. The Morgan fingerprint density at radius 2 is 1.96 bits per heavy atom. The first-order valence-corrected chi connectivity index (χ1v) is 7.08. The van der Waals surface area contributed by atoms with Gasteiger partial charge in [0.2, 0.25) is 0 Å². The van der Waals surface area contributed by atoms with Crippen LogP contribution in [-0.4, -0.2) is 42.2 Å². The number of aromatic carboxylic acids is 1. The van der Waals surface area contributed by atoms with Crippen LogP contribution in [0.25, 0.3) is 10.9 Å². The van der Waals surface area contributed by atoms with Crippen molar-refractivity contribution < 1.29 is 23.1 Å². The highest BCUT2D eigenvalue weighted by Crippen LogP contribution is 2.35. The van der Waals surface area contributed by atoms with E-state index in [0.29, 0.717) is 26.2 Å². The lowest BCUT2D eigenvalue weighted by atomic mass is 10.1. The molecule has 3 rings (SSSR count). The van der Waals surface area contributed by atoms with Gasteiger partial charge in [-0.05, 0) is 12.1 Å². The number of piperazine rings is 1. The van der Waals surface area contributed by atoms with Crippen molar-refractivity contribution in [1.29, 1.82) is 0 Å². The summed E-state index contributed by atoms with van der Waals surface area (Å²) < 4.78 is 39.5. The normalized spacial score (nSPS) is 15.9. The third-order valence-corrected chi connectivity index (χ3v) is 3.78. The molecule has 0 amide bonds. The molecule has 1 aliphatic rings. The van der Waals surface area contributed by atoms with E-state index in [2.05, 4.69) is 10.3 Å². The summed E-state index contributed by atoms with van der Waals surface area (Å²) in [6.07, 6.45) is -4.54. The molecule has 0 aliphatic carbocycles. The summed E-state index contributed by atoms with van der Waals surface area (Å²) in [6.45, 7) is 2.24. The second-order valence-corrected chi connectivity index (χ2v) is 5.28. The van der Waals surface area contributed by atoms with Crippen molar-refractivity contribution >= 4 is 22.7 Å². The van der Waals surface area contributed by atoms with Gasteiger partial charge in [0.1, 0.15) is 11.4 Å². The topological polar surface area (TPSA) is 65.5 Å². The van der Waals surface area contributed by atoms with Crippen LogP contribution in [0.4, 0.5) is 19.0 Å². The predicted octanol–water partition coefficient (Wildman–Crippen LogP) is 2.36. The van der Waals surface area contributed by atoms with E-state index in [1.54, 1.807) is 4.90 Å². The van der Waals surface area contributed by atoms with E-state index in [4.69, 9.17) is 0 Å². The zero-order chi connectivity index (χ0) is 16.6. The minimum Gasteiger partial charge on any atom is -0.478 e. The number of aromatic nitrogens is 1. The number of carboxylic acid groups (broad SMARTS) is 1. The van der Waals surface area contributed by atoms with Crippen LogP contribution < -0.4 is 10.2 Å². The van der Waals surface area contributed by atoms with Crippen molar-refractivity contribution in [1.82, 2.24) is 10.3 Å². The standard InChI is InChI=1S/C15H14F3N3O2/c16-15(17,18)11-3-1-2-9-8-10(14(22)23)13(20-12(9)11)21-6-4-19-5-7-21/h1-3,8,19H,4-7H2,(H,22,23). The van der Waals surface area contributed by atoms with Crippen molar-refractivity contribution in [3.05, 3.63) is 35.4 Å².